The van der Waals surface area contributed by atoms with Crippen molar-refractivity contribution in [2.24, 2.45) is 5.73 Å². The number of unbranched alkanes of at least 4 members (excludes halogenated alkanes) is 17. The van der Waals surface area contributed by atoms with Crippen molar-refractivity contribution in [2.75, 3.05) is 26.4 Å². The van der Waals surface area contributed by atoms with Gasteiger partial charge in [-0.05, 0) is 83.5 Å². The number of carbonyl (C=O) groups excluding carboxylic acids is 2. The lowest BCUT2D eigenvalue weighted by Crippen LogP contribution is -2.29. The maximum Gasteiger partial charge on any atom is 0.472 e. The van der Waals surface area contributed by atoms with E-state index in [9.17, 15) is 19.0 Å². The SMILES string of the molecule is CC/C=C\C/C=C\C/C=C\C/C=C\C/C=C\C/C=C\CCCCCCCCCCCCC(=O)OC(COC(=O)CCCCCCC/C=C\CCCC)COP(=O)(O)OCCN. The van der Waals surface area contributed by atoms with Gasteiger partial charge >= 0.3 is 19.8 Å². The van der Waals surface area contributed by atoms with Crippen LogP contribution in [0.4, 0.5) is 0 Å². The van der Waals surface area contributed by atoms with Crippen LogP contribution >= 0.6 is 7.82 Å². The molecule has 0 aliphatic carbocycles. The summed E-state index contributed by atoms with van der Waals surface area (Å²) in [6, 6.07) is 0. The average Bonchev–Trinajstić information content (AvgIpc) is 3.25. The number of hydrogen-bond donors (Lipinski definition) is 2. The first-order valence-corrected chi connectivity index (χ1v) is 25.6. The van der Waals surface area contributed by atoms with Crippen molar-refractivity contribution in [1.82, 2.24) is 0 Å². The van der Waals surface area contributed by atoms with Crippen molar-refractivity contribution < 1.29 is 37.6 Å². The molecule has 0 fully saturated rings. The maximum absolute atomic E-state index is 12.6. The fourth-order valence-corrected chi connectivity index (χ4v) is 6.97. The highest BCUT2D eigenvalue weighted by Gasteiger charge is 2.26. The topological polar surface area (TPSA) is 134 Å². The zero-order valence-corrected chi connectivity index (χ0v) is 39.5. The zero-order valence-electron chi connectivity index (χ0n) is 38.6. The Morgan fingerprint density at radius 2 is 0.902 bits per heavy atom. The van der Waals surface area contributed by atoms with Gasteiger partial charge in [0.1, 0.15) is 6.61 Å². The summed E-state index contributed by atoms with van der Waals surface area (Å²) < 4.78 is 32.8. The summed E-state index contributed by atoms with van der Waals surface area (Å²) in [5, 5.41) is 0. The predicted octanol–water partition coefficient (Wildman–Crippen LogP) is 14.4. The summed E-state index contributed by atoms with van der Waals surface area (Å²) in [5.74, 6) is -0.850. The van der Waals surface area contributed by atoms with E-state index >= 15 is 0 Å². The van der Waals surface area contributed by atoms with Crippen LogP contribution in [0.15, 0.2) is 85.1 Å². The van der Waals surface area contributed by atoms with E-state index < -0.39 is 32.5 Å². The number of nitrogens with two attached hydrogens (primary N) is 1. The smallest absolute Gasteiger partial charge is 0.462 e. The molecule has 0 aliphatic rings. The van der Waals surface area contributed by atoms with E-state index in [4.69, 9.17) is 24.3 Å². The first kappa shape index (κ1) is 58.2. The summed E-state index contributed by atoms with van der Waals surface area (Å²) >= 11 is 0. The first-order valence-electron chi connectivity index (χ1n) is 24.1. The fraction of sp³-hybridized carbons (Fsp3) is 0.686. The van der Waals surface area contributed by atoms with Gasteiger partial charge in [-0.2, -0.15) is 0 Å². The number of hydrogen-bond acceptors (Lipinski definition) is 8. The molecule has 2 atom stereocenters. The number of phosphoric acid groups is 1. The molecular weight excluding hydrogens is 786 g/mol. The number of carbonyl (C=O) groups is 2. The van der Waals surface area contributed by atoms with Gasteiger partial charge in [-0.3, -0.25) is 18.6 Å². The van der Waals surface area contributed by atoms with Gasteiger partial charge in [0.2, 0.25) is 0 Å². The molecule has 0 amide bonds. The summed E-state index contributed by atoms with van der Waals surface area (Å²) in [6.45, 7) is 3.55. The molecule has 0 heterocycles. The number of rotatable bonds is 44. The minimum absolute atomic E-state index is 0.0480. The van der Waals surface area contributed by atoms with Crippen LogP contribution in [0.25, 0.3) is 0 Å². The van der Waals surface area contributed by atoms with Crippen LogP contribution in [0.5, 0.6) is 0 Å². The molecule has 0 bridgehead atoms. The van der Waals surface area contributed by atoms with Crippen LogP contribution in [-0.4, -0.2) is 49.3 Å². The second-order valence-electron chi connectivity index (χ2n) is 15.6. The lowest BCUT2D eigenvalue weighted by Gasteiger charge is -2.19. The van der Waals surface area contributed by atoms with Crippen molar-refractivity contribution in [3.05, 3.63) is 85.1 Å². The van der Waals surface area contributed by atoms with Crippen molar-refractivity contribution in [2.45, 2.75) is 200 Å². The highest BCUT2D eigenvalue weighted by molar-refractivity contribution is 7.47. The molecule has 350 valence electrons. The van der Waals surface area contributed by atoms with E-state index in [0.717, 1.165) is 109 Å². The summed E-state index contributed by atoms with van der Waals surface area (Å²) in [7, 11) is -4.38. The maximum atomic E-state index is 12.6. The van der Waals surface area contributed by atoms with Crippen molar-refractivity contribution in [3.63, 3.8) is 0 Å². The van der Waals surface area contributed by atoms with Crippen LogP contribution in [0.2, 0.25) is 0 Å². The van der Waals surface area contributed by atoms with Crippen molar-refractivity contribution in [3.8, 4) is 0 Å². The van der Waals surface area contributed by atoms with Crippen LogP contribution < -0.4 is 5.73 Å². The molecule has 0 aromatic heterocycles. The van der Waals surface area contributed by atoms with E-state index in [1.165, 1.54) is 51.4 Å². The molecule has 0 aliphatic heterocycles. The molecule has 0 saturated carbocycles. The highest BCUT2D eigenvalue weighted by atomic mass is 31.2. The van der Waals surface area contributed by atoms with Crippen molar-refractivity contribution >= 4 is 19.8 Å². The Morgan fingerprint density at radius 1 is 0.508 bits per heavy atom. The molecule has 0 aromatic rings. The molecule has 0 saturated heterocycles. The Labute approximate surface area is 373 Å². The third kappa shape index (κ3) is 46.5. The molecule has 9 nitrogen and oxygen atoms in total. The van der Waals surface area contributed by atoms with Crippen LogP contribution in [-0.2, 0) is 32.7 Å². The molecule has 0 radical (unpaired) electrons. The van der Waals surface area contributed by atoms with Gasteiger partial charge in [0.05, 0.1) is 13.2 Å². The van der Waals surface area contributed by atoms with Gasteiger partial charge < -0.3 is 20.1 Å². The number of ether oxygens (including phenoxy) is 2. The number of phosphoric ester groups is 1. The van der Waals surface area contributed by atoms with E-state index in [0.29, 0.717) is 6.42 Å². The van der Waals surface area contributed by atoms with Gasteiger partial charge in [0.25, 0.3) is 0 Å². The molecule has 61 heavy (non-hydrogen) atoms. The van der Waals surface area contributed by atoms with Gasteiger partial charge in [-0.1, -0.05) is 182 Å². The minimum Gasteiger partial charge on any atom is -0.462 e. The molecule has 2 unspecified atom stereocenters. The summed E-state index contributed by atoms with van der Waals surface area (Å²) in [6.07, 6.45) is 59.1. The minimum atomic E-state index is -4.38. The largest absolute Gasteiger partial charge is 0.472 e. The van der Waals surface area contributed by atoms with E-state index in [2.05, 4.69) is 98.9 Å². The van der Waals surface area contributed by atoms with Gasteiger partial charge in [-0.15, -0.1) is 0 Å². The lowest BCUT2D eigenvalue weighted by molar-refractivity contribution is -0.161. The van der Waals surface area contributed by atoms with E-state index in [1.807, 2.05) is 0 Å². The average molecular weight is 874 g/mol. The summed E-state index contributed by atoms with van der Waals surface area (Å²) in [4.78, 5) is 34.9. The lowest BCUT2D eigenvalue weighted by atomic mass is 10.0. The Balaban J connectivity index is 4.03. The normalized spacial score (nSPS) is 14.0. The second-order valence-corrected chi connectivity index (χ2v) is 17.0. The van der Waals surface area contributed by atoms with Gasteiger partial charge in [-0.25, -0.2) is 4.57 Å². The Bertz CT molecular complexity index is 1270. The highest BCUT2D eigenvalue weighted by Crippen LogP contribution is 2.43. The molecule has 0 rings (SSSR count). The molecule has 0 aromatic carbocycles. The van der Waals surface area contributed by atoms with Crippen molar-refractivity contribution in [1.29, 1.82) is 0 Å². The molecule has 3 N–H and O–H groups in total. The monoisotopic (exact) mass is 874 g/mol. The third-order valence-corrected chi connectivity index (χ3v) is 10.7. The third-order valence-electron chi connectivity index (χ3n) is 9.77. The van der Waals surface area contributed by atoms with Crippen LogP contribution in [0.1, 0.15) is 194 Å². The first-order chi connectivity index (χ1) is 29.8. The molecular formula is C51H88NO8P. The standard InChI is InChI=1S/C51H88NO8P/c1-3-5-7-9-11-13-15-16-17-18-19-20-21-22-23-24-25-26-27-28-29-30-31-32-34-36-38-40-42-44-51(54)60-49(48-59-61(55,56)58-46-45-52)47-57-50(53)43-41-39-37-35-33-14-12-10-8-6-4-2/h5,7,10-13,16-17,19-20,22-23,25-26,49H,3-4,6,8-9,14-15,18,21,24,27-48,52H2,1-2H3,(H,55,56)/b7-5-,12-10-,13-11-,17-16-,20-19-,23-22-,26-25-. The van der Waals surface area contributed by atoms with E-state index in [1.54, 1.807) is 0 Å². The fourth-order valence-electron chi connectivity index (χ4n) is 6.21. The summed E-state index contributed by atoms with van der Waals surface area (Å²) in [5.41, 5.74) is 5.35. The number of esters is 2. The zero-order chi connectivity index (χ0) is 44.6. The van der Waals surface area contributed by atoms with E-state index in [-0.39, 0.29) is 32.6 Å². The molecule has 0 spiro atoms. The van der Waals surface area contributed by atoms with Crippen LogP contribution in [0.3, 0.4) is 0 Å². The van der Waals surface area contributed by atoms with Crippen LogP contribution in [0, 0.1) is 0 Å². The number of allylic oxidation sites excluding steroid dienone is 14. The van der Waals surface area contributed by atoms with Gasteiger partial charge in [0, 0.05) is 19.4 Å². The molecule has 10 heteroatoms. The van der Waals surface area contributed by atoms with Gasteiger partial charge in [0.15, 0.2) is 6.10 Å². The quantitative estimate of drug-likeness (QED) is 0.0265. The Morgan fingerprint density at radius 3 is 1.36 bits per heavy atom. The Kier molecular flexibility index (Phi) is 44.5. The predicted molar refractivity (Wildman–Crippen MR) is 256 cm³/mol. The Hall–Kier alpha value is -2.81. The second kappa shape index (κ2) is 46.7.